The lowest BCUT2D eigenvalue weighted by Crippen LogP contribution is -2.27. The van der Waals surface area contributed by atoms with E-state index < -0.39 is 0 Å². The van der Waals surface area contributed by atoms with Gasteiger partial charge in [-0.3, -0.25) is 4.79 Å². The first-order valence-corrected chi connectivity index (χ1v) is 4.64. The minimum Gasteiger partial charge on any atom is -0.352 e. The smallest absolute Gasteiger partial charge is 0.207 e. The predicted octanol–water partition coefficient (Wildman–Crippen LogP) is 1.87. The van der Waals surface area contributed by atoms with Gasteiger partial charge in [-0.25, -0.2) is 0 Å². The minimum atomic E-state index is 0.227. The normalized spacial score (nSPS) is 25.8. The molecule has 0 saturated carbocycles. The number of carbonyl (C=O) groups excluding carboxylic acids is 1. The molecule has 0 aliphatic heterocycles. The summed E-state index contributed by atoms with van der Waals surface area (Å²) in [6.45, 7) is 4.27. The summed E-state index contributed by atoms with van der Waals surface area (Å²) in [7, 11) is 0. The molecule has 0 saturated heterocycles. The average molecular weight is 167 g/mol. The Morgan fingerprint density at radius 3 is 3.08 bits per heavy atom. The quantitative estimate of drug-likeness (QED) is 0.504. The van der Waals surface area contributed by atoms with Gasteiger partial charge < -0.3 is 5.32 Å². The van der Waals surface area contributed by atoms with Gasteiger partial charge in [0.1, 0.15) is 0 Å². The van der Waals surface area contributed by atoms with Crippen LogP contribution in [0, 0.1) is 5.92 Å². The van der Waals surface area contributed by atoms with Crippen molar-refractivity contribution in [1.82, 2.24) is 5.32 Å². The van der Waals surface area contributed by atoms with Crippen molar-refractivity contribution in [2.24, 2.45) is 5.92 Å². The fraction of sp³-hybridized carbons (Fsp3) is 0.700. The van der Waals surface area contributed by atoms with Crippen LogP contribution in [0.2, 0.25) is 0 Å². The Balaban J connectivity index is 2.54. The van der Waals surface area contributed by atoms with Crippen molar-refractivity contribution in [3.8, 4) is 0 Å². The second kappa shape index (κ2) is 4.29. The Labute approximate surface area is 74.0 Å². The third-order valence-corrected chi connectivity index (χ3v) is 2.50. The van der Waals surface area contributed by atoms with Crippen LogP contribution in [0.5, 0.6) is 0 Å². The molecular formula is C10H17NO. The molecule has 2 atom stereocenters. The lowest BCUT2D eigenvalue weighted by atomic mass is 9.89. The number of amides is 1. The van der Waals surface area contributed by atoms with E-state index in [2.05, 4.69) is 18.3 Å². The fourth-order valence-corrected chi connectivity index (χ4v) is 1.73. The van der Waals surface area contributed by atoms with E-state index in [0.717, 1.165) is 12.8 Å². The molecule has 0 aromatic heterocycles. The Bertz CT molecular complexity index is 186. The molecule has 1 rings (SSSR count). The topological polar surface area (TPSA) is 29.1 Å². The number of carbonyl (C=O) groups is 1. The first-order valence-electron chi connectivity index (χ1n) is 4.64. The Hall–Kier alpha value is -0.790. The van der Waals surface area contributed by atoms with E-state index in [1.54, 1.807) is 0 Å². The third-order valence-electron chi connectivity index (χ3n) is 2.50. The first kappa shape index (κ1) is 9.30. The van der Waals surface area contributed by atoms with Gasteiger partial charge in [-0.2, -0.15) is 0 Å². The maximum absolute atomic E-state index is 10.2. The van der Waals surface area contributed by atoms with Gasteiger partial charge in [0.15, 0.2) is 0 Å². The zero-order valence-electron chi connectivity index (χ0n) is 7.84. The van der Waals surface area contributed by atoms with E-state index >= 15 is 0 Å². The van der Waals surface area contributed by atoms with Gasteiger partial charge in [0, 0.05) is 6.04 Å². The second-order valence-electron chi connectivity index (χ2n) is 3.62. The highest BCUT2D eigenvalue weighted by Gasteiger charge is 2.13. The molecule has 1 N–H and O–H groups in total. The number of hydrogen-bond donors (Lipinski definition) is 1. The van der Waals surface area contributed by atoms with Crippen LogP contribution in [0.1, 0.15) is 33.1 Å². The molecule has 0 unspecified atom stereocenters. The molecule has 0 radical (unpaired) electrons. The largest absolute Gasteiger partial charge is 0.352 e. The van der Waals surface area contributed by atoms with Crippen LogP contribution in [0.4, 0.5) is 0 Å². The van der Waals surface area contributed by atoms with E-state index in [9.17, 15) is 4.79 Å². The lowest BCUT2D eigenvalue weighted by Gasteiger charge is -2.22. The zero-order valence-corrected chi connectivity index (χ0v) is 7.84. The summed E-state index contributed by atoms with van der Waals surface area (Å²) in [4.78, 5) is 10.2. The fourth-order valence-electron chi connectivity index (χ4n) is 1.73. The van der Waals surface area contributed by atoms with E-state index in [0.29, 0.717) is 5.92 Å². The van der Waals surface area contributed by atoms with E-state index in [1.807, 2.05) is 6.92 Å². The van der Waals surface area contributed by atoms with Gasteiger partial charge in [-0.05, 0) is 32.1 Å². The molecule has 12 heavy (non-hydrogen) atoms. The minimum absolute atomic E-state index is 0.227. The lowest BCUT2D eigenvalue weighted by molar-refractivity contribution is -0.109. The van der Waals surface area contributed by atoms with Crippen LogP contribution in [0.25, 0.3) is 0 Å². The molecule has 0 heterocycles. The molecule has 2 heteroatoms. The Morgan fingerprint density at radius 2 is 2.50 bits per heavy atom. The van der Waals surface area contributed by atoms with Crippen LogP contribution in [-0.4, -0.2) is 12.5 Å². The SMILES string of the molecule is C[C@H](NC=O)C1=C[C@H](C)CCC1. The summed E-state index contributed by atoms with van der Waals surface area (Å²) in [5.41, 5.74) is 1.39. The van der Waals surface area contributed by atoms with Gasteiger partial charge in [0.05, 0.1) is 0 Å². The second-order valence-corrected chi connectivity index (χ2v) is 3.62. The summed E-state index contributed by atoms with van der Waals surface area (Å²) < 4.78 is 0. The summed E-state index contributed by atoms with van der Waals surface area (Å²) in [5, 5.41) is 2.79. The summed E-state index contributed by atoms with van der Waals surface area (Å²) >= 11 is 0. The van der Waals surface area contributed by atoms with Crippen LogP contribution in [0.3, 0.4) is 0 Å². The van der Waals surface area contributed by atoms with Gasteiger partial charge in [0.25, 0.3) is 0 Å². The number of allylic oxidation sites excluding steroid dienone is 1. The van der Waals surface area contributed by atoms with Crippen molar-refractivity contribution >= 4 is 6.41 Å². The van der Waals surface area contributed by atoms with Gasteiger partial charge in [-0.15, -0.1) is 0 Å². The standard InChI is InChI=1S/C10H17NO/c1-8-4-3-5-10(6-8)9(2)11-7-12/h6-9H,3-5H2,1-2H3,(H,11,12)/t8-,9+/m1/s1. The first-order chi connectivity index (χ1) is 5.74. The van der Waals surface area contributed by atoms with Crippen LogP contribution in [-0.2, 0) is 4.79 Å². The predicted molar refractivity (Wildman–Crippen MR) is 49.8 cm³/mol. The van der Waals surface area contributed by atoms with Crippen molar-refractivity contribution < 1.29 is 4.79 Å². The van der Waals surface area contributed by atoms with E-state index in [4.69, 9.17) is 0 Å². The van der Waals surface area contributed by atoms with Crippen LogP contribution >= 0.6 is 0 Å². The number of hydrogen-bond acceptors (Lipinski definition) is 1. The molecular weight excluding hydrogens is 150 g/mol. The van der Waals surface area contributed by atoms with Crippen LogP contribution in [0.15, 0.2) is 11.6 Å². The molecule has 1 aliphatic rings. The highest BCUT2D eigenvalue weighted by atomic mass is 16.1. The monoisotopic (exact) mass is 167 g/mol. The van der Waals surface area contributed by atoms with Gasteiger partial charge in [0.2, 0.25) is 6.41 Å². The average Bonchev–Trinajstić information content (AvgIpc) is 2.05. The Morgan fingerprint density at radius 1 is 1.75 bits per heavy atom. The summed E-state index contributed by atoms with van der Waals surface area (Å²) in [5.74, 6) is 0.685. The maximum atomic E-state index is 10.2. The van der Waals surface area contributed by atoms with Gasteiger partial charge >= 0.3 is 0 Å². The van der Waals surface area contributed by atoms with Crippen molar-refractivity contribution in [1.29, 1.82) is 0 Å². The van der Waals surface area contributed by atoms with E-state index in [1.165, 1.54) is 18.4 Å². The third kappa shape index (κ3) is 2.36. The molecule has 0 aromatic rings. The number of nitrogens with one attached hydrogen (secondary N) is 1. The highest BCUT2D eigenvalue weighted by Crippen LogP contribution is 2.24. The summed E-state index contributed by atoms with van der Waals surface area (Å²) in [6, 6.07) is 0.227. The number of rotatable bonds is 3. The van der Waals surface area contributed by atoms with Gasteiger partial charge in [-0.1, -0.05) is 18.6 Å². The van der Waals surface area contributed by atoms with Crippen LogP contribution < -0.4 is 5.32 Å². The van der Waals surface area contributed by atoms with Crippen molar-refractivity contribution in [3.05, 3.63) is 11.6 Å². The molecule has 0 bridgehead atoms. The van der Waals surface area contributed by atoms with Crippen molar-refractivity contribution in [2.75, 3.05) is 0 Å². The molecule has 0 spiro atoms. The Kier molecular flexibility index (Phi) is 3.32. The van der Waals surface area contributed by atoms with E-state index in [-0.39, 0.29) is 6.04 Å². The molecule has 1 amide bonds. The van der Waals surface area contributed by atoms with Crippen molar-refractivity contribution in [3.63, 3.8) is 0 Å². The molecule has 0 fully saturated rings. The molecule has 1 aliphatic carbocycles. The molecule has 2 nitrogen and oxygen atoms in total. The highest BCUT2D eigenvalue weighted by molar-refractivity contribution is 5.47. The summed E-state index contributed by atoms with van der Waals surface area (Å²) in [6.07, 6.45) is 6.77. The maximum Gasteiger partial charge on any atom is 0.207 e. The zero-order chi connectivity index (χ0) is 8.97. The van der Waals surface area contributed by atoms with Crippen molar-refractivity contribution in [2.45, 2.75) is 39.2 Å². The molecule has 0 aromatic carbocycles. The molecule has 68 valence electrons.